The maximum Gasteiger partial charge on any atom is 0.162 e. The van der Waals surface area contributed by atoms with Gasteiger partial charge >= 0.3 is 0 Å². The van der Waals surface area contributed by atoms with Crippen molar-refractivity contribution in [2.24, 2.45) is 17.6 Å². The molecule has 2 atom stereocenters. The largest absolute Gasteiger partial charge is 0.493 e. The quantitative estimate of drug-likeness (QED) is 0.829. The monoisotopic (exact) mass is 213 g/mol. The molecule has 1 aromatic carbocycles. The normalized spacial score (nSPS) is 23.9. The minimum absolute atomic E-state index is 0.372. The summed E-state index contributed by atoms with van der Waals surface area (Å²) in [5.74, 6) is -0.345. The number of ether oxygens (including phenoxy) is 1. The highest BCUT2D eigenvalue weighted by atomic mass is 19.2. The summed E-state index contributed by atoms with van der Waals surface area (Å²) >= 11 is 0. The van der Waals surface area contributed by atoms with Crippen molar-refractivity contribution in [2.75, 3.05) is 13.2 Å². The van der Waals surface area contributed by atoms with Crippen LogP contribution in [-0.4, -0.2) is 13.2 Å². The van der Waals surface area contributed by atoms with Gasteiger partial charge < -0.3 is 10.5 Å². The van der Waals surface area contributed by atoms with E-state index in [0.29, 0.717) is 30.7 Å². The summed E-state index contributed by atoms with van der Waals surface area (Å²) in [4.78, 5) is 0. The standard InChI is InChI=1S/C11H13F2NO/c12-10-2-1-9(4-11(10)13)15-6-8-3-7(8)5-14/h1-2,4,7-8H,3,5-6,14H2. The molecule has 1 aliphatic rings. The summed E-state index contributed by atoms with van der Waals surface area (Å²) in [5, 5.41) is 0. The van der Waals surface area contributed by atoms with Crippen LogP contribution in [-0.2, 0) is 0 Å². The van der Waals surface area contributed by atoms with Crippen molar-refractivity contribution in [1.29, 1.82) is 0 Å². The molecule has 2 nitrogen and oxygen atoms in total. The molecule has 0 bridgehead atoms. The highest BCUT2D eigenvalue weighted by Gasteiger charge is 2.36. The van der Waals surface area contributed by atoms with Crippen molar-refractivity contribution in [3.05, 3.63) is 29.8 Å². The first-order chi connectivity index (χ1) is 7.20. The average Bonchev–Trinajstić information content (AvgIpc) is 2.98. The summed E-state index contributed by atoms with van der Waals surface area (Å²) in [6, 6.07) is 3.56. The Morgan fingerprint density at radius 1 is 1.27 bits per heavy atom. The molecule has 15 heavy (non-hydrogen) atoms. The zero-order chi connectivity index (χ0) is 10.8. The van der Waals surface area contributed by atoms with Gasteiger partial charge in [0.1, 0.15) is 5.75 Å². The lowest BCUT2D eigenvalue weighted by Gasteiger charge is -2.05. The zero-order valence-corrected chi connectivity index (χ0v) is 8.25. The zero-order valence-electron chi connectivity index (χ0n) is 8.25. The second-order valence-corrected chi connectivity index (χ2v) is 3.88. The van der Waals surface area contributed by atoms with Gasteiger partial charge in [0.05, 0.1) is 6.61 Å². The van der Waals surface area contributed by atoms with Crippen molar-refractivity contribution in [3.63, 3.8) is 0 Å². The molecule has 4 heteroatoms. The molecule has 1 aromatic rings. The highest BCUT2D eigenvalue weighted by molar-refractivity contribution is 5.23. The molecule has 2 unspecified atom stereocenters. The van der Waals surface area contributed by atoms with Crippen molar-refractivity contribution in [3.8, 4) is 5.75 Å². The van der Waals surface area contributed by atoms with Crippen molar-refractivity contribution in [2.45, 2.75) is 6.42 Å². The summed E-state index contributed by atoms with van der Waals surface area (Å²) < 4.78 is 30.7. The van der Waals surface area contributed by atoms with E-state index in [0.717, 1.165) is 18.6 Å². The van der Waals surface area contributed by atoms with Crippen molar-refractivity contribution >= 4 is 0 Å². The number of hydrogen-bond acceptors (Lipinski definition) is 2. The van der Waals surface area contributed by atoms with Crippen LogP contribution in [0.3, 0.4) is 0 Å². The Labute approximate surface area is 87.0 Å². The number of nitrogens with two attached hydrogens (primary N) is 1. The number of halogens is 2. The fraction of sp³-hybridized carbons (Fsp3) is 0.455. The molecule has 0 heterocycles. The van der Waals surface area contributed by atoms with E-state index >= 15 is 0 Å². The molecule has 0 amide bonds. The van der Waals surface area contributed by atoms with Crippen LogP contribution < -0.4 is 10.5 Å². The van der Waals surface area contributed by atoms with Crippen LogP contribution in [0.5, 0.6) is 5.75 Å². The van der Waals surface area contributed by atoms with Gasteiger partial charge in [-0.3, -0.25) is 0 Å². The van der Waals surface area contributed by atoms with E-state index in [2.05, 4.69) is 0 Å². The van der Waals surface area contributed by atoms with Crippen LogP contribution in [0.2, 0.25) is 0 Å². The number of hydrogen-bond donors (Lipinski definition) is 1. The van der Waals surface area contributed by atoms with Crippen molar-refractivity contribution < 1.29 is 13.5 Å². The summed E-state index contributed by atoms with van der Waals surface area (Å²) in [5.41, 5.74) is 5.47. The molecular formula is C11H13F2NO. The first kappa shape index (κ1) is 10.4. The topological polar surface area (TPSA) is 35.2 Å². The van der Waals surface area contributed by atoms with Gasteiger partial charge in [0, 0.05) is 6.07 Å². The predicted octanol–water partition coefficient (Wildman–Crippen LogP) is 1.94. The van der Waals surface area contributed by atoms with E-state index in [1.54, 1.807) is 0 Å². The van der Waals surface area contributed by atoms with Crippen LogP contribution >= 0.6 is 0 Å². The average molecular weight is 213 g/mol. The molecule has 0 radical (unpaired) electrons. The third-order valence-corrected chi connectivity index (χ3v) is 2.73. The lowest BCUT2D eigenvalue weighted by atomic mass is 10.3. The number of rotatable bonds is 4. The van der Waals surface area contributed by atoms with Crippen LogP contribution in [0, 0.1) is 23.5 Å². The third kappa shape index (κ3) is 2.45. The van der Waals surface area contributed by atoms with Gasteiger partial charge in [-0.2, -0.15) is 0 Å². The predicted molar refractivity (Wildman–Crippen MR) is 52.5 cm³/mol. The van der Waals surface area contributed by atoms with E-state index < -0.39 is 11.6 Å². The Morgan fingerprint density at radius 2 is 2.07 bits per heavy atom. The lowest BCUT2D eigenvalue weighted by molar-refractivity contribution is 0.290. The molecule has 1 aliphatic carbocycles. The van der Waals surface area contributed by atoms with Crippen LogP contribution in [0.1, 0.15) is 6.42 Å². The molecule has 82 valence electrons. The van der Waals surface area contributed by atoms with E-state index in [-0.39, 0.29) is 0 Å². The third-order valence-electron chi connectivity index (χ3n) is 2.73. The van der Waals surface area contributed by atoms with Gasteiger partial charge in [-0.25, -0.2) is 8.78 Å². The van der Waals surface area contributed by atoms with Gasteiger partial charge in [-0.1, -0.05) is 0 Å². The van der Waals surface area contributed by atoms with Crippen LogP contribution in [0.4, 0.5) is 8.78 Å². The summed E-state index contributed by atoms with van der Waals surface area (Å²) in [7, 11) is 0. The Balaban J connectivity index is 1.86. The molecule has 2 N–H and O–H groups in total. The Kier molecular flexibility index (Phi) is 2.86. The fourth-order valence-corrected chi connectivity index (χ4v) is 1.57. The minimum Gasteiger partial charge on any atom is -0.493 e. The molecule has 2 rings (SSSR count). The minimum atomic E-state index is -0.876. The van der Waals surface area contributed by atoms with Gasteiger partial charge in [-0.15, -0.1) is 0 Å². The lowest BCUT2D eigenvalue weighted by Crippen LogP contribution is -2.07. The fourth-order valence-electron chi connectivity index (χ4n) is 1.57. The first-order valence-electron chi connectivity index (χ1n) is 4.98. The van der Waals surface area contributed by atoms with E-state index in [4.69, 9.17) is 10.5 Å². The maximum absolute atomic E-state index is 12.8. The SMILES string of the molecule is NCC1CC1COc1ccc(F)c(F)c1. The summed E-state index contributed by atoms with van der Waals surface area (Å²) in [6.07, 6.45) is 1.07. The number of benzene rings is 1. The second-order valence-electron chi connectivity index (χ2n) is 3.88. The van der Waals surface area contributed by atoms with E-state index in [1.165, 1.54) is 6.07 Å². The molecular weight excluding hydrogens is 200 g/mol. The molecule has 0 saturated heterocycles. The molecule has 1 saturated carbocycles. The smallest absolute Gasteiger partial charge is 0.162 e. The Bertz CT molecular complexity index is 356. The van der Waals surface area contributed by atoms with E-state index in [9.17, 15) is 8.78 Å². The maximum atomic E-state index is 12.8. The van der Waals surface area contributed by atoms with Gasteiger partial charge in [0.15, 0.2) is 11.6 Å². The second kappa shape index (κ2) is 4.14. The summed E-state index contributed by atoms with van der Waals surface area (Å²) in [6.45, 7) is 1.21. The van der Waals surface area contributed by atoms with Crippen molar-refractivity contribution in [1.82, 2.24) is 0 Å². The molecule has 1 fully saturated rings. The molecule has 0 spiro atoms. The molecule has 0 aliphatic heterocycles. The van der Waals surface area contributed by atoms with Crippen LogP contribution in [0.25, 0.3) is 0 Å². The van der Waals surface area contributed by atoms with Crippen LogP contribution in [0.15, 0.2) is 18.2 Å². The Morgan fingerprint density at radius 3 is 2.67 bits per heavy atom. The van der Waals surface area contributed by atoms with Gasteiger partial charge in [0.25, 0.3) is 0 Å². The van der Waals surface area contributed by atoms with Gasteiger partial charge in [0.2, 0.25) is 0 Å². The van der Waals surface area contributed by atoms with E-state index in [1.807, 2.05) is 0 Å². The Hall–Kier alpha value is -1.16. The first-order valence-corrected chi connectivity index (χ1v) is 4.98. The van der Waals surface area contributed by atoms with Gasteiger partial charge in [-0.05, 0) is 36.9 Å². The molecule has 0 aromatic heterocycles. The highest BCUT2D eigenvalue weighted by Crippen LogP contribution is 2.37.